The van der Waals surface area contributed by atoms with Crippen LogP contribution in [0.15, 0.2) is 0 Å². The van der Waals surface area contributed by atoms with Crippen LogP contribution in [0.4, 0.5) is 4.79 Å². The molecule has 2 atom stereocenters. The van der Waals surface area contributed by atoms with Crippen LogP contribution in [0.25, 0.3) is 0 Å². The molecule has 2 unspecified atom stereocenters. The van der Waals surface area contributed by atoms with Crippen molar-refractivity contribution in [2.75, 3.05) is 6.54 Å². The summed E-state index contributed by atoms with van der Waals surface area (Å²) >= 11 is 0. The molecular formula is C13H25N3O2. The van der Waals surface area contributed by atoms with E-state index >= 15 is 0 Å². The van der Waals surface area contributed by atoms with Crippen LogP contribution < -0.4 is 16.0 Å². The highest BCUT2D eigenvalue weighted by Crippen LogP contribution is 2.27. The van der Waals surface area contributed by atoms with E-state index in [0.717, 1.165) is 0 Å². The molecule has 3 N–H and O–H groups in total. The Labute approximate surface area is 109 Å². The first-order valence-corrected chi connectivity index (χ1v) is 6.89. The Hall–Kier alpha value is -1.10. The maximum atomic E-state index is 11.7. The summed E-state index contributed by atoms with van der Waals surface area (Å²) in [7, 11) is 0. The molecule has 5 heteroatoms. The monoisotopic (exact) mass is 255 g/mol. The summed E-state index contributed by atoms with van der Waals surface area (Å²) in [6.45, 7) is 6.24. The van der Waals surface area contributed by atoms with E-state index in [0.29, 0.717) is 18.5 Å². The third-order valence-corrected chi connectivity index (χ3v) is 3.59. The lowest BCUT2D eigenvalue weighted by Gasteiger charge is -2.24. The lowest BCUT2D eigenvalue weighted by Crippen LogP contribution is -2.51. The molecule has 0 aromatic heterocycles. The molecule has 1 saturated carbocycles. The number of hydrogen-bond donors (Lipinski definition) is 3. The average molecular weight is 255 g/mol. The number of hydrogen-bond acceptors (Lipinski definition) is 3. The summed E-state index contributed by atoms with van der Waals surface area (Å²) in [6, 6.07) is -0.449. The number of imide groups is 1. The molecule has 1 rings (SSSR count). The first kappa shape index (κ1) is 15.0. The van der Waals surface area contributed by atoms with E-state index in [9.17, 15) is 9.59 Å². The zero-order valence-electron chi connectivity index (χ0n) is 11.6. The molecule has 0 aromatic carbocycles. The first-order valence-electron chi connectivity index (χ1n) is 6.89. The van der Waals surface area contributed by atoms with Gasteiger partial charge < -0.3 is 10.6 Å². The summed E-state index contributed by atoms with van der Waals surface area (Å²) in [5.74, 6) is 0.385. The lowest BCUT2D eigenvalue weighted by atomic mass is 9.99. The van der Waals surface area contributed by atoms with Gasteiger partial charge >= 0.3 is 6.03 Å². The zero-order chi connectivity index (χ0) is 13.5. The van der Waals surface area contributed by atoms with Crippen LogP contribution in [0.5, 0.6) is 0 Å². The molecule has 104 valence electrons. The van der Waals surface area contributed by atoms with E-state index in [1.165, 1.54) is 25.7 Å². The van der Waals surface area contributed by atoms with E-state index in [1.807, 2.05) is 6.92 Å². The Morgan fingerprint density at radius 3 is 2.39 bits per heavy atom. The van der Waals surface area contributed by atoms with Crippen LogP contribution in [-0.2, 0) is 4.79 Å². The second-order valence-electron chi connectivity index (χ2n) is 5.07. The summed E-state index contributed by atoms with van der Waals surface area (Å²) in [4.78, 5) is 23.0. The highest BCUT2D eigenvalue weighted by Gasteiger charge is 2.24. The van der Waals surface area contributed by atoms with Gasteiger partial charge in [-0.15, -0.1) is 0 Å². The first-order chi connectivity index (χ1) is 8.54. The van der Waals surface area contributed by atoms with Crippen molar-refractivity contribution in [1.82, 2.24) is 16.0 Å². The van der Waals surface area contributed by atoms with Gasteiger partial charge in [-0.05, 0) is 39.5 Å². The number of nitrogens with one attached hydrogen (secondary N) is 3. The predicted molar refractivity (Wildman–Crippen MR) is 71.2 cm³/mol. The Kier molecular flexibility index (Phi) is 6.12. The van der Waals surface area contributed by atoms with Crippen LogP contribution >= 0.6 is 0 Å². The largest absolute Gasteiger partial charge is 0.338 e. The predicted octanol–water partition coefficient (Wildman–Crippen LogP) is 1.39. The molecule has 0 aromatic rings. The molecular weight excluding hydrogens is 230 g/mol. The Morgan fingerprint density at radius 2 is 1.83 bits per heavy atom. The fourth-order valence-electron chi connectivity index (χ4n) is 2.49. The third kappa shape index (κ3) is 4.64. The van der Waals surface area contributed by atoms with Crippen LogP contribution in [0.3, 0.4) is 0 Å². The fourth-order valence-corrected chi connectivity index (χ4v) is 2.49. The molecule has 1 aliphatic carbocycles. The number of rotatable bonds is 5. The Morgan fingerprint density at radius 1 is 1.22 bits per heavy atom. The molecule has 1 fully saturated rings. The number of carbonyl (C=O) groups excluding carboxylic acids is 2. The second kappa shape index (κ2) is 7.36. The Bertz CT molecular complexity index is 288. The maximum absolute atomic E-state index is 11.7. The van der Waals surface area contributed by atoms with E-state index in [2.05, 4.69) is 22.9 Å². The molecule has 0 heterocycles. The van der Waals surface area contributed by atoms with Crippen molar-refractivity contribution in [3.8, 4) is 0 Å². The lowest BCUT2D eigenvalue weighted by molar-refractivity contribution is -0.121. The van der Waals surface area contributed by atoms with Gasteiger partial charge in [-0.2, -0.15) is 0 Å². The SMILES string of the molecule is CCNC(=O)NC(=O)C(C)NC(C)C1CCCC1. The van der Waals surface area contributed by atoms with Gasteiger partial charge in [-0.3, -0.25) is 10.1 Å². The quantitative estimate of drug-likeness (QED) is 0.695. The molecule has 0 radical (unpaired) electrons. The van der Waals surface area contributed by atoms with Crippen LogP contribution in [-0.4, -0.2) is 30.6 Å². The number of carbonyl (C=O) groups is 2. The van der Waals surface area contributed by atoms with E-state index < -0.39 is 6.03 Å². The second-order valence-corrected chi connectivity index (χ2v) is 5.07. The van der Waals surface area contributed by atoms with Gasteiger partial charge in [0.2, 0.25) is 5.91 Å². The van der Waals surface area contributed by atoms with Crippen LogP contribution in [0.2, 0.25) is 0 Å². The third-order valence-electron chi connectivity index (χ3n) is 3.59. The molecule has 18 heavy (non-hydrogen) atoms. The molecule has 0 bridgehead atoms. The summed E-state index contributed by atoms with van der Waals surface area (Å²) in [5.41, 5.74) is 0. The van der Waals surface area contributed by atoms with Crippen molar-refractivity contribution in [3.05, 3.63) is 0 Å². The van der Waals surface area contributed by atoms with E-state index in [1.54, 1.807) is 6.92 Å². The van der Waals surface area contributed by atoms with Crippen molar-refractivity contribution in [2.45, 2.75) is 58.5 Å². The standard InChI is InChI=1S/C13H25N3O2/c1-4-14-13(18)16-12(17)10(3)15-9(2)11-7-5-6-8-11/h9-11,15H,4-8H2,1-3H3,(H2,14,16,17,18). The molecule has 1 aliphatic rings. The molecule has 0 spiro atoms. The minimum absolute atomic E-state index is 0.272. The van der Waals surface area contributed by atoms with Gasteiger partial charge in [0.05, 0.1) is 6.04 Å². The van der Waals surface area contributed by atoms with Gasteiger partial charge in [0.1, 0.15) is 0 Å². The minimum atomic E-state index is -0.426. The maximum Gasteiger partial charge on any atom is 0.321 e. The van der Waals surface area contributed by atoms with Gasteiger partial charge in [-0.1, -0.05) is 12.8 Å². The highest BCUT2D eigenvalue weighted by atomic mass is 16.2. The van der Waals surface area contributed by atoms with Crippen molar-refractivity contribution < 1.29 is 9.59 Å². The summed E-state index contributed by atoms with van der Waals surface area (Å²) in [5, 5.41) is 8.14. The minimum Gasteiger partial charge on any atom is -0.338 e. The number of amides is 3. The van der Waals surface area contributed by atoms with Gasteiger partial charge in [0, 0.05) is 12.6 Å². The number of urea groups is 1. The van der Waals surface area contributed by atoms with E-state index in [-0.39, 0.29) is 11.9 Å². The Balaban J connectivity index is 2.32. The summed E-state index contributed by atoms with van der Waals surface area (Å²) < 4.78 is 0. The van der Waals surface area contributed by atoms with Crippen molar-refractivity contribution >= 4 is 11.9 Å². The fraction of sp³-hybridized carbons (Fsp3) is 0.846. The van der Waals surface area contributed by atoms with Crippen molar-refractivity contribution in [2.24, 2.45) is 5.92 Å². The van der Waals surface area contributed by atoms with E-state index in [4.69, 9.17) is 0 Å². The highest BCUT2D eigenvalue weighted by molar-refractivity contribution is 5.96. The van der Waals surface area contributed by atoms with Gasteiger partial charge in [0.15, 0.2) is 0 Å². The van der Waals surface area contributed by atoms with Crippen LogP contribution in [0.1, 0.15) is 46.5 Å². The van der Waals surface area contributed by atoms with Crippen LogP contribution in [0, 0.1) is 5.92 Å². The topological polar surface area (TPSA) is 70.2 Å². The summed E-state index contributed by atoms with van der Waals surface area (Å²) in [6.07, 6.45) is 5.05. The smallest absolute Gasteiger partial charge is 0.321 e. The normalized spacial score (nSPS) is 19.3. The molecule has 3 amide bonds. The van der Waals surface area contributed by atoms with Gasteiger partial charge in [0.25, 0.3) is 0 Å². The zero-order valence-corrected chi connectivity index (χ0v) is 11.6. The van der Waals surface area contributed by atoms with Crippen molar-refractivity contribution in [1.29, 1.82) is 0 Å². The van der Waals surface area contributed by atoms with Gasteiger partial charge in [-0.25, -0.2) is 4.79 Å². The molecule has 0 aliphatic heterocycles. The average Bonchev–Trinajstić information content (AvgIpc) is 2.82. The molecule has 0 saturated heterocycles. The molecule has 5 nitrogen and oxygen atoms in total. The van der Waals surface area contributed by atoms with Crippen molar-refractivity contribution in [3.63, 3.8) is 0 Å².